The first-order chi connectivity index (χ1) is 14.8. The van der Waals surface area contributed by atoms with E-state index in [-0.39, 0.29) is 11.3 Å². The molecule has 2 heterocycles. The van der Waals surface area contributed by atoms with Gasteiger partial charge < -0.3 is 9.84 Å². The first-order valence-corrected chi connectivity index (χ1v) is 10.8. The number of amides is 1. The fourth-order valence-electron chi connectivity index (χ4n) is 3.87. The van der Waals surface area contributed by atoms with E-state index in [0.717, 1.165) is 16.0 Å². The van der Waals surface area contributed by atoms with Crippen molar-refractivity contribution >= 4 is 46.1 Å². The van der Waals surface area contributed by atoms with Gasteiger partial charge in [-0.2, -0.15) is 0 Å². The predicted octanol–water partition coefficient (Wildman–Crippen LogP) is 5.65. The molecule has 31 heavy (non-hydrogen) atoms. The first-order valence-electron chi connectivity index (χ1n) is 9.58. The van der Waals surface area contributed by atoms with Gasteiger partial charge in [-0.1, -0.05) is 23.7 Å². The highest BCUT2D eigenvalue weighted by Gasteiger charge is 2.47. The summed E-state index contributed by atoms with van der Waals surface area (Å²) in [5.74, 6) is -1.23. The molecule has 1 unspecified atom stereocenters. The number of Topliss-reactive ketones (excluding diaryl/α,β-unsaturated/α-hetero) is 1. The molecule has 5 nitrogen and oxygen atoms in total. The Kier molecular flexibility index (Phi) is 5.60. The van der Waals surface area contributed by atoms with Crippen molar-refractivity contribution < 1.29 is 19.4 Å². The number of hydrogen-bond acceptors (Lipinski definition) is 5. The Balaban J connectivity index is 1.93. The second-order valence-corrected chi connectivity index (χ2v) is 8.77. The van der Waals surface area contributed by atoms with Gasteiger partial charge in [0.25, 0.3) is 11.7 Å². The summed E-state index contributed by atoms with van der Waals surface area (Å²) in [5, 5.41) is 13.3. The van der Waals surface area contributed by atoms with Crippen molar-refractivity contribution in [1.82, 2.24) is 0 Å². The molecule has 1 amide bonds. The van der Waals surface area contributed by atoms with Crippen molar-refractivity contribution in [3.05, 3.63) is 86.1 Å². The number of aryl methyl sites for hydroxylation is 2. The molecule has 1 fully saturated rings. The molecule has 1 aromatic heterocycles. The zero-order chi connectivity index (χ0) is 22.3. The lowest BCUT2D eigenvalue weighted by Gasteiger charge is -2.25. The Bertz CT molecular complexity index is 1200. The quantitative estimate of drug-likeness (QED) is 0.315. The Labute approximate surface area is 189 Å². The lowest BCUT2D eigenvalue weighted by Crippen LogP contribution is -2.29. The molecule has 1 atom stereocenters. The zero-order valence-electron chi connectivity index (χ0n) is 17.2. The van der Waals surface area contributed by atoms with Crippen LogP contribution < -0.4 is 9.64 Å². The maximum absolute atomic E-state index is 13.1. The molecular formula is C24H20ClNO4S. The zero-order valence-corrected chi connectivity index (χ0v) is 18.8. The summed E-state index contributed by atoms with van der Waals surface area (Å²) in [6.07, 6.45) is 0. The molecule has 158 valence electrons. The Morgan fingerprint density at radius 2 is 1.81 bits per heavy atom. The standard InChI is InChI=1S/C24H20ClNO4S/c1-13-9-14(2)11-16(10-13)26-21(19-5-4-8-31-19)20(23(28)24(26)29)22(27)15-6-7-18(30-3)17(25)12-15/h4-12,21,27H,1-3H3/b22-20-. The van der Waals surface area contributed by atoms with Gasteiger partial charge in [0.1, 0.15) is 17.6 Å². The van der Waals surface area contributed by atoms with Crippen molar-refractivity contribution in [2.45, 2.75) is 19.9 Å². The molecule has 0 bridgehead atoms. The number of aliphatic hydroxyl groups excluding tert-OH is 1. The first kappa shape index (κ1) is 21.2. The highest BCUT2D eigenvalue weighted by Crippen LogP contribution is 2.44. The number of methoxy groups -OCH3 is 1. The average molecular weight is 454 g/mol. The lowest BCUT2D eigenvalue weighted by molar-refractivity contribution is -0.132. The fourth-order valence-corrected chi connectivity index (χ4v) is 4.96. The third-order valence-electron chi connectivity index (χ3n) is 5.17. The van der Waals surface area contributed by atoms with Crippen molar-refractivity contribution in [3.63, 3.8) is 0 Å². The van der Waals surface area contributed by atoms with E-state index in [9.17, 15) is 14.7 Å². The smallest absolute Gasteiger partial charge is 0.300 e. The van der Waals surface area contributed by atoms with Gasteiger partial charge in [0, 0.05) is 16.1 Å². The molecule has 1 saturated heterocycles. The third kappa shape index (κ3) is 3.73. The van der Waals surface area contributed by atoms with Gasteiger partial charge in [0.15, 0.2) is 0 Å². The molecule has 1 aliphatic heterocycles. The molecule has 0 aliphatic carbocycles. The van der Waals surface area contributed by atoms with Crippen LogP contribution >= 0.6 is 22.9 Å². The van der Waals surface area contributed by atoms with E-state index < -0.39 is 17.7 Å². The molecule has 0 radical (unpaired) electrons. The molecule has 1 N–H and O–H groups in total. The van der Waals surface area contributed by atoms with Crippen LogP contribution in [0.25, 0.3) is 5.76 Å². The van der Waals surface area contributed by atoms with E-state index in [0.29, 0.717) is 22.0 Å². The van der Waals surface area contributed by atoms with Crippen molar-refractivity contribution in [1.29, 1.82) is 0 Å². The molecule has 0 spiro atoms. The number of carbonyl (C=O) groups is 2. The monoisotopic (exact) mass is 453 g/mol. The normalized spacial score (nSPS) is 17.9. The molecule has 4 rings (SSSR count). The molecule has 3 aromatic rings. The average Bonchev–Trinajstić information content (AvgIpc) is 3.34. The number of nitrogens with zero attached hydrogens (tertiary/aromatic N) is 1. The Morgan fingerprint density at radius 3 is 2.39 bits per heavy atom. The van der Waals surface area contributed by atoms with E-state index in [2.05, 4.69) is 0 Å². The number of carbonyl (C=O) groups excluding carboxylic acids is 2. The Morgan fingerprint density at radius 1 is 1.10 bits per heavy atom. The summed E-state index contributed by atoms with van der Waals surface area (Å²) in [6, 6.07) is 13.4. The highest BCUT2D eigenvalue weighted by molar-refractivity contribution is 7.10. The summed E-state index contributed by atoms with van der Waals surface area (Å²) < 4.78 is 5.16. The van der Waals surface area contributed by atoms with E-state index in [4.69, 9.17) is 16.3 Å². The number of aliphatic hydroxyl groups is 1. The number of thiophene rings is 1. The number of benzene rings is 2. The van der Waals surface area contributed by atoms with E-state index in [1.807, 2.05) is 49.6 Å². The summed E-state index contributed by atoms with van der Waals surface area (Å²) in [4.78, 5) is 28.5. The van der Waals surface area contributed by atoms with Crippen molar-refractivity contribution in [3.8, 4) is 5.75 Å². The van der Waals surface area contributed by atoms with Crippen molar-refractivity contribution in [2.24, 2.45) is 0 Å². The van der Waals surface area contributed by atoms with E-state index in [1.165, 1.54) is 29.4 Å². The van der Waals surface area contributed by atoms with E-state index >= 15 is 0 Å². The number of ketones is 1. The van der Waals surface area contributed by atoms with Crippen LogP contribution in [0.4, 0.5) is 5.69 Å². The number of anilines is 1. The van der Waals surface area contributed by atoms with Crippen LogP contribution in [0.2, 0.25) is 5.02 Å². The van der Waals surface area contributed by atoms with Gasteiger partial charge in [-0.3, -0.25) is 14.5 Å². The topological polar surface area (TPSA) is 66.8 Å². The van der Waals surface area contributed by atoms with Crippen LogP contribution in [0.5, 0.6) is 5.75 Å². The summed E-state index contributed by atoms with van der Waals surface area (Å²) in [5.41, 5.74) is 2.94. The summed E-state index contributed by atoms with van der Waals surface area (Å²) in [6.45, 7) is 3.87. The molecular weight excluding hydrogens is 434 g/mol. The van der Waals surface area contributed by atoms with Gasteiger partial charge in [-0.05, 0) is 66.8 Å². The van der Waals surface area contributed by atoms with Crippen LogP contribution in [0, 0.1) is 13.8 Å². The van der Waals surface area contributed by atoms with Crippen LogP contribution in [0.15, 0.2) is 59.5 Å². The maximum Gasteiger partial charge on any atom is 0.300 e. The minimum absolute atomic E-state index is 0.0350. The molecule has 2 aromatic carbocycles. The number of ether oxygens (including phenoxy) is 1. The number of hydrogen-bond donors (Lipinski definition) is 1. The highest BCUT2D eigenvalue weighted by atomic mass is 35.5. The summed E-state index contributed by atoms with van der Waals surface area (Å²) in [7, 11) is 1.49. The van der Waals surface area contributed by atoms with Gasteiger partial charge in [-0.25, -0.2) is 0 Å². The Hall–Kier alpha value is -3.09. The third-order valence-corrected chi connectivity index (χ3v) is 6.39. The lowest BCUT2D eigenvalue weighted by atomic mass is 9.99. The number of rotatable bonds is 4. The van der Waals surface area contributed by atoms with Gasteiger partial charge in [-0.15, -0.1) is 11.3 Å². The van der Waals surface area contributed by atoms with Crippen molar-refractivity contribution in [2.75, 3.05) is 12.0 Å². The van der Waals surface area contributed by atoms with Crippen LogP contribution in [-0.4, -0.2) is 23.9 Å². The van der Waals surface area contributed by atoms with Crippen LogP contribution in [0.3, 0.4) is 0 Å². The van der Waals surface area contributed by atoms with Crippen LogP contribution in [0.1, 0.15) is 27.6 Å². The van der Waals surface area contributed by atoms with Gasteiger partial charge >= 0.3 is 0 Å². The molecule has 1 aliphatic rings. The SMILES string of the molecule is COc1ccc(/C(O)=C2/C(=O)C(=O)N(c3cc(C)cc(C)c3)C2c2cccs2)cc1Cl. The minimum Gasteiger partial charge on any atom is -0.507 e. The fraction of sp³-hybridized carbons (Fsp3) is 0.167. The summed E-state index contributed by atoms with van der Waals surface area (Å²) >= 11 is 7.64. The molecule has 0 saturated carbocycles. The van der Waals surface area contributed by atoms with Gasteiger partial charge in [0.2, 0.25) is 0 Å². The second-order valence-electron chi connectivity index (χ2n) is 7.38. The largest absolute Gasteiger partial charge is 0.507 e. The van der Waals surface area contributed by atoms with Crippen LogP contribution in [-0.2, 0) is 9.59 Å². The molecule has 7 heteroatoms. The van der Waals surface area contributed by atoms with Gasteiger partial charge in [0.05, 0.1) is 17.7 Å². The maximum atomic E-state index is 13.1. The van der Waals surface area contributed by atoms with E-state index in [1.54, 1.807) is 12.1 Å². The number of halogens is 1. The predicted molar refractivity (Wildman–Crippen MR) is 123 cm³/mol. The minimum atomic E-state index is -0.734. The second kappa shape index (κ2) is 8.21.